The maximum atomic E-state index is 13.7. The molecule has 0 bridgehead atoms. The third-order valence-electron chi connectivity index (χ3n) is 7.86. The second kappa shape index (κ2) is 10.4. The molecule has 15 heteroatoms. The number of nitrogens with zero attached hydrogens (tertiary/aromatic N) is 4. The number of carbonyl (C=O) groups excluding carboxylic acids is 1. The van der Waals surface area contributed by atoms with Crippen LogP contribution in [0.1, 0.15) is 43.9 Å². The SMILES string of the molecule is CC(C)(Cc1ccc(C2(C)C(=O)Nc3nc(-c4nn(CCC(F)(F)C(F)(F)F)c5cc(Cl)ccc45)nc(N)c32)cc1)C(=O)O. The smallest absolute Gasteiger partial charge is 0.453 e. The molecule has 1 unspecified atom stereocenters. The van der Waals surface area contributed by atoms with Gasteiger partial charge in [-0.15, -0.1) is 0 Å². The molecule has 232 valence electrons. The lowest BCUT2D eigenvalue weighted by Crippen LogP contribution is -2.37. The first-order valence-corrected chi connectivity index (χ1v) is 13.7. The van der Waals surface area contributed by atoms with Crippen molar-refractivity contribution >= 4 is 46.0 Å². The van der Waals surface area contributed by atoms with Gasteiger partial charge < -0.3 is 16.2 Å². The minimum Gasteiger partial charge on any atom is -0.481 e. The maximum Gasteiger partial charge on any atom is 0.453 e. The number of carboxylic acids is 1. The van der Waals surface area contributed by atoms with E-state index in [1.807, 2.05) is 0 Å². The van der Waals surface area contributed by atoms with E-state index in [1.54, 1.807) is 45.0 Å². The number of halogens is 6. The van der Waals surface area contributed by atoms with Crippen LogP contribution in [0.4, 0.5) is 33.6 Å². The Morgan fingerprint density at radius 1 is 1.09 bits per heavy atom. The van der Waals surface area contributed by atoms with Gasteiger partial charge in [-0.1, -0.05) is 35.9 Å². The highest BCUT2D eigenvalue weighted by Gasteiger charge is 2.57. The molecule has 0 aliphatic carbocycles. The van der Waals surface area contributed by atoms with Gasteiger partial charge in [-0.25, -0.2) is 9.97 Å². The van der Waals surface area contributed by atoms with Crippen molar-refractivity contribution in [3.8, 4) is 11.5 Å². The molecule has 1 atom stereocenters. The second-order valence-corrected chi connectivity index (χ2v) is 11.9. The fraction of sp³-hybridized carbons (Fsp3) is 0.345. The van der Waals surface area contributed by atoms with Crippen LogP contribution in [0, 0.1) is 5.41 Å². The average molecular weight is 637 g/mol. The maximum absolute atomic E-state index is 13.7. The van der Waals surface area contributed by atoms with Crippen LogP contribution in [0.15, 0.2) is 42.5 Å². The first-order chi connectivity index (χ1) is 20.3. The van der Waals surface area contributed by atoms with Gasteiger partial charge in [0.2, 0.25) is 5.91 Å². The van der Waals surface area contributed by atoms with Crippen molar-refractivity contribution in [1.29, 1.82) is 0 Å². The van der Waals surface area contributed by atoms with Crippen molar-refractivity contribution < 1.29 is 36.6 Å². The van der Waals surface area contributed by atoms with Crippen molar-refractivity contribution in [3.63, 3.8) is 0 Å². The fourth-order valence-corrected chi connectivity index (χ4v) is 5.37. The van der Waals surface area contributed by atoms with E-state index in [2.05, 4.69) is 20.4 Å². The molecule has 0 fully saturated rings. The van der Waals surface area contributed by atoms with Gasteiger partial charge in [0, 0.05) is 23.4 Å². The van der Waals surface area contributed by atoms with Gasteiger partial charge in [-0.05, 0) is 56.5 Å². The summed E-state index contributed by atoms with van der Waals surface area (Å²) in [5.41, 5.74) is 5.84. The molecule has 1 amide bonds. The number of aromatic nitrogens is 4. The van der Waals surface area contributed by atoms with E-state index in [0.717, 1.165) is 10.2 Å². The number of rotatable bonds is 8. The number of nitrogens with one attached hydrogen (secondary N) is 1. The quantitative estimate of drug-likeness (QED) is 0.195. The van der Waals surface area contributed by atoms with Crippen LogP contribution < -0.4 is 11.1 Å². The van der Waals surface area contributed by atoms with Crippen LogP contribution in [-0.2, 0) is 28.0 Å². The van der Waals surface area contributed by atoms with E-state index < -0.39 is 47.8 Å². The third-order valence-corrected chi connectivity index (χ3v) is 8.09. The van der Waals surface area contributed by atoms with Crippen molar-refractivity contribution in [2.45, 2.75) is 57.7 Å². The fourth-order valence-electron chi connectivity index (χ4n) is 5.20. The molecule has 5 rings (SSSR count). The number of alkyl halides is 5. The molecule has 3 heterocycles. The molecule has 4 N–H and O–H groups in total. The number of hydrogen-bond donors (Lipinski definition) is 3. The summed E-state index contributed by atoms with van der Waals surface area (Å²) < 4.78 is 66.8. The van der Waals surface area contributed by atoms with Gasteiger partial charge in [-0.3, -0.25) is 14.3 Å². The highest BCUT2D eigenvalue weighted by atomic mass is 35.5. The van der Waals surface area contributed by atoms with Crippen LogP contribution in [-0.4, -0.2) is 48.8 Å². The number of amides is 1. The Morgan fingerprint density at radius 2 is 1.75 bits per heavy atom. The normalized spacial score (nSPS) is 17.2. The zero-order valence-electron chi connectivity index (χ0n) is 23.6. The Hall–Kier alpha value is -4.33. The first-order valence-electron chi connectivity index (χ1n) is 13.3. The second-order valence-electron chi connectivity index (χ2n) is 11.5. The topological polar surface area (TPSA) is 136 Å². The summed E-state index contributed by atoms with van der Waals surface area (Å²) in [5, 5.41) is 16.9. The molecule has 0 spiro atoms. The lowest BCUT2D eigenvalue weighted by atomic mass is 9.77. The Kier molecular flexibility index (Phi) is 7.35. The standard InChI is InChI=1S/C29H26ClF5N6O3/c1-26(2,25(43)44)13-14-4-6-15(7-5-14)27(3)19-21(36)37-23(38-22(19)39-24(27)42)20-17-9-8-16(30)12-18(17)41(40-20)11-10-28(31,32)29(33,34)35/h4-9,12H,10-11,13H2,1-3H3,(H,43,44)(H3,36,37,38,39,42). The van der Waals surface area contributed by atoms with Gasteiger partial charge in [-0.2, -0.15) is 27.1 Å². The van der Waals surface area contributed by atoms with Gasteiger partial charge in [0.25, 0.3) is 0 Å². The minimum atomic E-state index is -5.73. The molecule has 1 aliphatic rings. The van der Waals surface area contributed by atoms with Crippen LogP contribution >= 0.6 is 11.6 Å². The number of nitrogen functional groups attached to an aromatic ring is 1. The molecule has 1 aliphatic heterocycles. The number of hydrogen-bond acceptors (Lipinski definition) is 6. The zero-order chi connectivity index (χ0) is 32.4. The molecular formula is C29H26ClF5N6O3. The highest BCUT2D eigenvalue weighted by molar-refractivity contribution is 6.31. The lowest BCUT2D eigenvalue weighted by Gasteiger charge is -2.24. The number of aryl methyl sites for hydroxylation is 1. The Bertz CT molecular complexity index is 1810. The average Bonchev–Trinajstić information content (AvgIpc) is 3.41. The minimum absolute atomic E-state index is 0.0368. The number of nitrogens with two attached hydrogens (primary N) is 1. The summed E-state index contributed by atoms with van der Waals surface area (Å²) in [5.74, 6) is -6.44. The van der Waals surface area contributed by atoms with E-state index in [9.17, 15) is 36.6 Å². The van der Waals surface area contributed by atoms with E-state index >= 15 is 0 Å². The Labute approximate surface area is 252 Å². The predicted molar refractivity (Wildman–Crippen MR) is 152 cm³/mol. The summed E-state index contributed by atoms with van der Waals surface area (Å²) in [6.45, 7) is 4.06. The van der Waals surface area contributed by atoms with E-state index in [-0.39, 0.29) is 45.7 Å². The summed E-state index contributed by atoms with van der Waals surface area (Å²) >= 11 is 6.08. The van der Waals surface area contributed by atoms with E-state index in [1.165, 1.54) is 18.2 Å². The monoisotopic (exact) mass is 636 g/mol. The zero-order valence-corrected chi connectivity index (χ0v) is 24.3. The summed E-state index contributed by atoms with van der Waals surface area (Å²) in [6, 6.07) is 11.2. The summed E-state index contributed by atoms with van der Waals surface area (Å²) in [7, 11) is 0. The van der Waals surface area contributed by atoms with Crippen molar-refractivity contribution in [2.24, 2.45) is 5.41 Å². The van der Waals surface area contributed by atoms with Crippen LogP contribution in [0.2, 0.25) is 5.02 Å². The molecule has 0 saturated carbocycles. The Morgan fingerprint density at radius 3 is 2.36 bits per heavy atom. The molecule has 4 aromatic rings. The van der Waals surface area contributed by atoms with Gasteiger partial charge in [0.1, 0.15) is 22.7 Å². The first kappa shape index (κ1) is 31.1. The van der Waals surface area contributed by atoms with Gasteiger partial charge in [0.15, 0.2) is 5.82 Å². The highest BCUT2D eigenvalue weighted by Crippen LogP contribution is 2.46. The molecule has 2 aromatic heterocycles. The molecule has 0 saturated heterocycles. The lowest BCUT2D eigenvalue weighted by molar-refractivity contribution is -0.285. The van der Waals surface area contributed by atoms with Gasteiger partial charge >= 0.3 is 18.1 Å². The number of carboxylic acid groups (broad SMARTS) is 1. The molecule has 0 radical (unpaired) electrons. The molecule has 9 nitrogen and oxygen atoms in total. The van der Waals surface area contributed by atoms with Gasteiger partial charge in [0.05, 0.1) is 16.5 Å². The van der Waals surface area contributed by atoms with Crippen LogP contribution in [0.3, 0.4) is 0 Å². The number of benzene rings is 2. The van der Waals surface area contributed by atoms with Crippen molar-refractivity contribution in [1.82, 2.24) is 19.7 Å². The molecule has 2 aromatic carbocycles. The number of anilines is 2. The van der Waals surface area contributed by atoms with E-state index in [4.69, 9.17) is 17.3 Å². The van der Waals surface area contributed by atoms with Crippen molar-refractivity contribution in [2.75, 3.05) is 11.1 Å². The number of carbonyl (C=O) groups is 2. The summed E-state index contributed by atoms with van der Waals surface area (Å²) in [6.07, 6.45) is -7.03. The van der Waals surface area contributed by atoms with E-state index in [0.29, 0.717) is 10.9 Å². The van der Waals surface area contributed by atoms with Crippen LogP contribution in [0.5, 0.6) is 0 Å². The van der Waals surface area contributed by atoms with Crippen LogP contribution in [0.25, 0.3) is 22.4 Å². The largest absolute Gasteiger partial charge is 0.481 e. The Balaban J connectivity index is 1.53. The van der Waals surface area contributed by atoms with Crippen molar-refractivity contribution in [3.05, 3.63) is 64.2 Å². The summed E-state index contributed by atoms with van der Waals surface area (Å²) in [4.78, 5) is 33.7. The molecular weight excluding hydrogens is 611 g/mol. The predicted octanol–water partition coefficient (Wildman–Crippen LogP) is 6.23. The number of aliphatic carboxylic acids is 1. The third kappa shape index (κ3) is 5.20. The number of fused-ring (bicyclic) bond motifs is 2. The molecule has 44 heavy (non-hydrogen) atoms.